The largest absolute Gasteiger partial charge is 0.490 e. The molecule has 0 aliphatic rings. The number of nitro groups is 2. The summed E-state index contributed by atoms with van der Waals surface area (Å²) in [6.45, 7) is 0. The predicted octanol–water partition coefficient (Wildman–Crippen LogP) is 1.54. The summed E-state index contributed by atoms with van der Waals surface area (Å²) in [7, 11) is 2.17. The zero-order valence-electron chi connectivity index (χ0n) is 13.5. The lowest BCUT2D eigenvalue weighted by molar-refractivity contribution is -0.422. The summed E-state index contributed by atoms with van der Waals surface area (Å²) in [6.07, 6.45) is 1.06. The van der Waals surface area contributed by atoms with Gasteiger partial charge >= 0.3 is 17.3 Å². The highest BCUT2D eigenvalue weighted by atomic mass is 16.6. The summed E-state index contributed by atoms with van der Waals surface area (Å²) in [5, 5.41) is 32.0. The average molecular weight is 361 g/mol. The molecule has 26 heavy (non-hydrogen) atoms. The molecule has 0 atom stereocenters. The van der Waals surface area contributed by atoms with Crippen molar-refractivity contribution >= 4 is 23.0 Å². The summed E-state index contributed by atoms with van der Waals surface area (Å²) in [6, 6.07) is 4.00. The highest BCUT2D eigenvalue weighted by Crippen LogP contribution is 2.42. The minimum Gasteiger partial charge on any atom is -0.490 e. The van der Waals surface area contributed by atoms with E-state index in [0.29, 0.717) is 0 Å². The van der Waals surface area contributed by atoms with E-state index in [1.807, 2.05) is 0 Å². The van der Waals surface area contributed by atoms with E-state index in [9.17, 15) is 25.0 Å². The minimum absolute atomic E-state index is 0.154. The number of aromatic nitrogens is 1. The van der Waals surface area contributed by atoms with Gasteiger partial charge in [0.1, 0.15) is 11.8 Å². The fourth-order valence-corrected chi connectivity index (χ4v) is 2.37. The monoisotopic (exact) mass is 361 g/mol. The third-order valence-corrected chi connectivity index (χ3v) is 3.48. The highest BCUT2D eigenvalue weighted by Gasteiger charge is 2.36. The van der Waals surface area contributed by atoms with Crippen molar-refractivity contribution in [3.8, 4) is 17.5 Å². The van der Waals surface area contributed by atoms with E-state index >= 15 is 0 Å². The van der Waals surface area contributed by atoms with Crippen LogP contribution < -0.4 is 10.5 Å². The van der Waals surface area contributed by atoms with Crippen LogP contribution in [0.4, 0.5) is 17.1 Å². The Hall–Kier alpha value is -4.14. The fourth-order valence-electron chi connectivity index (χ4n) is 2.37. The molecule has 0 radical (unpaired) electrons. The smallest absolute Gasteiger partial charge is 0.389 e. The Kier molecular flexibility index (Phi) is 4.74. The van der Waals surface area contributed by atoms with Crippen LogP contribution in [0.1, 0.15) is 16.1 Å². The van der Waals surface area contributed by atoms with Crippen LogP contribution in [0.5, 0.6) is 5.75 Å². The second-order valence-electron chi connectivity index (χ2n) is 4.78. The molecule has 12 heteroatoms. The third-order valence-electron chi connectivity index (χ3n) is 3.48. The van der Waals surface area contributed by atoms with Crippen LogP contribution in [0, 0.1) is 31.6 Å². The van der Waals surface area contributed by atoms with Crippen LogP contribution in [-0.2, 0) is 4.74 Å². The molecule has 1 aromatic carbocycles. The summed E-state index contributed by atoms with van der Waals surface area (Å²) in [5.74, 6) is -1.32. The Morgan fingerprint density at radius 1 is 1.23 bits per heavy atom. The number of esters is 1. The van der Waals surface area contributed by atoms with Gasteiger partial charge in [-0.25, -0.2) is 4.79 Å². The van der Waals surface area contributed by atoms with Gasteiger partial charge in [0, 0.05) is 6.20 Å². The molecule has 1 aromatic heterocycles. The molecule has 0 saturated carbocycles. The number of nitro benzene ring substituents is 2. The summed E-state index contributed by atoms with van der Waals surface area (Å²) in [4.78, 5) is 32.9. The van der Waals surface area contributed by atoms with Gasteiger partial charge in [-0.2, -0.15) is 5.26 Å². The van der Waals surface area contributed by atoms with Crippen molar-refractivity contribution in [2.75, 3.05) is 20.0 Å². The Morgan fingerprint density at radius 3 is 2.31 bits per heavy atom. The first-order valence-corrected chi connectivity index (χ1v) is 6.77. The maximum absolute atomic E-state index is 12.0. The molecule has 2 rings (SSSR count). The number of hydrogen-bond donors (Lipinski definition) is 1. The number of carbonyl (C=O) groups excluding carboxylic acids is 1. The number of methoxy groups -OCH3 is 2. The van der Waals surface area contributed by atoms with Crippen LogP contribution >= 0.6 is 0 Å². The maximum Gasteiger partial charge on any atom is 0.389 e. The van der Waals surface area contributed by atoms with Crippen LogP contribution in [-0.4, -0.2) is 34.6 Å². The standard InChI is InChI=1S/C14H11N5O7/c1-25-9-4-3-8(11(18(21)22)12(9)19(23)24)17-6-7(5-15)10(16)13(17)14(20)26-2/h3-4,6H,16H2,1-2H3. The molecule has 0 fully saturated rings. The Morgan fingerprint density at radius 2 is 1.85 bits per heavy atom. The van der Waals surface area contributed by atoms with E-state index < -0.39 is 27.2 Å². The summed E-state index contributed by atoms with van der Waals surface area (Å²) < 4.78 is 10.3. The maximum atomic E-state index is 12.0. The lowest BCUT2D eigenvalue weighted by Gasteiger charge is -2.10. The molecular weight excluding hydrogens is 350 g/mol. The van der Waals surface area contributed by atoms with Crippen LogP contribution in [0.3, 0.4) is 0 Å². The Labute approximate surface area is 145 Å². The Balaban J connectivity index is 2.97. The van der Waals surface area contributed by atoms with Gasteiger partial charge in [-0.15, -0.1) is 0 Å². The molecule has 134 valence electrons. The number of benzene rings is 1. The first-order valence-electron chi connectivity index (χ1n) is 6.77. The van der Waals surface area contributed by atoms with Gasteiger partial charge in [-0.1, -0.05) is 0 Å². The van der Waals surface area contributed by atoms with Crippen molar-refractivity contribution in [1.82, 2.24) is 4.57 Å². The molecule has 0 aliphatic carbocycles. The lowest BCUT2D eigenvalue weighted by atomic mass is 10.2. The second-order valence-corrected chi connectivity index (χ2v) is 4.78. The molecule has 0 saturated heterocycles. The predicted molar refractivity (Wildman–Crippen MR) is 86.1 cm³/mol. The van der Waals surface area contributed by atoms with Crippen LogP contribution in [0.2, 0.25) is 0 Å². The van der Waals surface area contributed by atoms with E-state index in [-0.39, 0.29) is 28.4 Å². The number of ether oxygens (including phenoxy) is 2. The molecule has 0 spiro atoms. The van der Waals surface area contributed by atoms with Crippen molar-refractivity contribution in [3.05, 3.63) is 49.8 Å². The van der Waals surface area contributed by atoms with Gasteiger partial charge in [0.15, 0.2) is 5.69 Å². The van der Waals surface area contributed by atoms with Crippen molar-refractivity contribution in [2.24, 2.45) is 0 Å². The van der Waals surface area contributed by atoms with E-state index in [4.69, 9.17) is 15.7 Å². The van der Waals surface area contributed by atoms with E-state index in [1.54, 1.807) is 6.07 Å². The first-order chi connectivity index (χ1) is 12.3. The molecule has 0 amide bonds. The number of anilines is 1. The van der Waals surface area contributed by atoms with Gasteiger partial charge < -0.3 is 19.8 Å². The Bertz CT molecular complexity index is 973. The second kappa shape index (κ2) is 6.77. The van der Waals surface area contributed by atoms with E-state index in [2.05, 4.69) is 4.74 Å². The van der Waals surface area contributed by atoms with Crippen molar-refractivity contribution in [3.63, 3.8) is 0 Å². The van der Waals surface area contributed by atoms with E-state index in [1.165, 1.54) is 0 Å². The van der Waals surface area contributed by atoms with Gasteiger partial charge in [0.25, 0.3) is 0 Å². The number of hydrogen-bond acceptors (Lipinski definition) is 9. The van der Waals surface area contributed by atoms with Crippen molar-refractivity contribution in [1.29, 1.82) is 5.26 Å². The third kappa shape index (κ3) is 2.73. The fraction of sp³-hybridized carbons (Fsp3) is 0.143. The molecule has 0 bridgehead atoms. The first kappa shape index (κ1) is 18.2. The zero-order valence-corrected chi connectivity index (χ0v) is 13.5. The topological polar surface area (TPSA) is 177 Å². The number of nitrogens with zero attached hydrogens (tertiary/aromatic N) is 4. The summed E-state index contributed by atoms with van der Waals surface area (Å²) in [5.41, 5.74) is 2.75. The molecule has 12 nitrogen and oxygen atoms in total. The van der Waals surface area contributed by atoms with Crippen molar-refractivity contribution in [2.45, 2.75) is 0 Å². The highest BCUT2D eigenvalue weighted by molar-refractivity contribution is 5.96. The van der Waals surface area contributed by atoms with Crippen LogP contribution in [0.25, 0.3) is 5.69 Å². The number of nitriles is 1. The zero-order chi connectivity index (χ0) is 19.6. The van der Waals surface area contributed by atoms with E-state index in [0.717, 1.165) is 37.1 Å². The van der Waals surface area contributed by atoms with Gasteiger partial charge in [0.05, 0.1) is 35.3 Å². The van der Waals surface area contributed by atoms with Gasteiger partial charge in [-0.05, 0) is 12.1 Å². The van der Waals surface area contributed by atoms with Gasteiger partial charge in [0.2, 0.25) is 5.75 Å². The number of nitrogens with two attached hydrogens (primary N) is 1. The van der Waals surface area contributed by atoms with Gasteiger partial charge in [-0.3, -0.25) is 20.2 Å². The lowest BCUT2D eigenvalue weighted by Crippen LogP contribution is -2.13. The summed E-state index contributed by atoms with van der Waals surface area (Å²) >= 11 is 0. The SMILES string of the molecule is COC(=O)c1c(N)c(C#N)cn1-c1ccc(OC)c([N+](=O)[O-])c1[N+](=O)[O-]. The quantitative estimate of drug-likeness (QED) is 0.470. The number of rotatable bonds is 5. The van der Waals surface area contributed by atoms with Crippen molar-refractivity contribution < 1.29 is 24.1 Å². The minimum atomic E-state index is -0.987. The average Bonchev–Trinajstić information content (AvgIpc) is 2.95. The normalized spacial score (nSPS) is 10.0. The van der Waals surface area contributed by atoms with Crippen LogP contribution in [0.15, 0.2) is 18.3 Å². The molecule has 2 N–H and O–H groups in total. The molecule has 2 aromatic rings. The molecular formula is C14H11N5O7. The molecule has 0 unspecified atom stereocenters. The number of nitrogen functional groups attached to an aromatic ring is 1. The number of carbonyl (C=O) groups is 1. The molecule has 0 aliphatic heterocycles. The molecule has 1 heterocycles.